The van der Waals surface area contributed by atoms with Crippen LogP contribution in [0, 0.1) is 11.8 Å². The van der Waals surface area contributed by atoms with Crippen molar-refractivity contribution in [2.24, 2.45) is 11.8 Å². The number of anilines is 9. The zero-order valence-electron chi connectivity index (χ0n) is 53.3. The summed E-state index contributed by atoms with van der Waals surface area (Å²) in [4.78, 5) is 67.7. The number of hydrogen-bond donors (Lipinski definition) is 6. The molecule has 0 saturated heterocycles. The summed E-state index contributed by atoms with van der Waals surface area (Å²) >= 11 is 10.7. The number of imidazole rings is 3. The van der Waals surface area contributed by atoms with Gasteiger partial charge in [-0.3, -0.25) is 9.59 Å². The van der Waals surface area contributed by atoms with Gasteiger partial charge in [0, 0.05) is 77.2 Å². The van der Waals surface area contributed by atoms with Crippen LogP contribution in [0.2, 0.25) is 5.28 Å². The molecule has 1 amide bonds. The van der Waals surface area contributed by atoms with Crippen LogP contribution in [0.3, 0.4) is 0 Å². The molecule has 0 spiro atoms. The lowest BCUT2D eigenvalue weighted by atomic mass is 9.83. The van der Waals surface area contributed by atoms with E-state index in [0.29, 0.717) is 58.1 Å². The van der Waals surface area contributed by atoms with Crippen LogP contribution in [0.4, 0.5) is 51.6 Å². The van der Waals surface area contributed by atoms with E-state index in [2.05, 4.69) is 148 Å². The number of nitrogens with two attached hydrogens (primary N) is 2. The minimum absolute atomic E-state index is 0.177. The standard InChI is InChI=1S/C26H35N7O.C23H33N7.C14H15ClN6.C3H3ClO/c1-6-23(34)28-19-8-7-9-20(15-19)29-25-24-26(33(16-27-24)17(2)3)31-22(30-25)14-18-10-12-21(13-11-18)32(4)5;1-15(2)30-14-25-21-22(26-18-7-5-6-17(24)13-18)27-20(28-23(21)30)12-16-8-10-19(11-9-16)29(3)4;1-8(2)21-7-17-11-12(19-14(15)20-13(11)21)18-10-5-3-4-9(16)6-10;1-2-3(4)5/h6-9,15-18,21H,1,10-14H2,2-5H3,(H,28,34)(H,29,30,31);5-7,13-16,19H,8-12,24H2,1-4H3,(H,26,27,28);3-8H,16H2,1-2H3,(H,18,19,20);2H,1H2. The van der Waals surface area contributed by atoms with E-state index in [-0.39, 0.29) is 29.3 Å². The molecule has 0 bridgehead atoms. The number of amides is 1. The average molecular weight is 1260 g/mol. The molecule has 2 aliphatic rings. The number of aromatic nitrogens is 12. The first kappa shape index (κ1) is 67.4. The molecule has 0 unspecified atom stereocenters. The Morgan fingerprint density at radius 1 is 0.544 bits per heavy atom. The number of carbonyl (C=O) groups is 2. The van der Waals surface area contributed by atoms with Crippen LogP contribution in [0.15, 0.2) is 117 Å². The molecule has 9 aromatic rings. The number of allylic oxidation sites excluding steroid dienone is 1. The Bertz CT molecular complexity index is 3890. The Balaban J connectivity index is 0.000000171. The SMILES string of the molecule is C=CC(=O)Cl.C=CC(=O)Nc1cccc(Nc2nc(CC3CCC(N(C)C)CC3)nc3c2ncn3C(C)C)c1.CC(C)n1cnc2c(Nc3cccc(N)c3)nc(CC3CCC(N(C)C)CC3)nc21.CC(C)n1cnc2c(Nc3cccc(N)c3)nc(Cl)nc21. The Morgan fingerprint density at radius 3 is 1.26 bits per heavy atom. The van der Waals surface area contributed by atoms with Crippen LogP contribution in [0.25, 0.3) is 33.5 Å². The molecule has 24 heteroatoms. The summed E-state index contributed by atoms with van der Waals surface area (Å²) in [6.07, 6.45) is 19.3. The highest BCUT2D eigenvalue weighted by atomic mass is 35.5. The first-order valence-corrected chi connectivity index (χ1v) is 31.4. The van der Waals surface area contributed by atoms with E-state index in [1.54, 1.807) is 6.33 Å². The van der Waals surface area contributed by atoms with Gasteiger partial charge in [0.2, 0.25) is 16.4 Å². The van der Waals surface area contributed by atoms with Crippen LogP contribution in [0.5, 0.6) is 0 Å². The summed E-state index contributed by atoms with van der Waals surface area (Å²) < 4.78 is 6.16. The fourth-order valence-electron chi connectivity index (χ4n) is 11.1. The third kappa shape index (κ3) is 18.1. The molecule has 6 aromatic heterocycles. The predicted octanol–water partition coefficient (Wildman–Crippen LogP) is 13.7. The second-order valence-electron chi connectivity index (χ2n) is 24.2. The summed E-state index contributed by atoms with van der Waals surface area (Å²) in [6.45, 7) is 19.3. The molecule has 0 atom stereocenters. The highest BCUT2D eigenvalue weighted by Crippen LogP contribution is 2.34. The average Bonchev–Trinajstić information content (AvgIpc) is 1.67. The first-order chi connectivity index (χ1) is 43.0. The maximum Gasteiger partial charge on any atom is 0.247 e. The summed E-state index contributed by atoms with van der Waals surface area (Å²) in [5.41, 5.74) is 21.0. The van der Waals surface area contributed by atoms with Crippen LogP contribution >= 0.6 is 23.2 Å². The molecular weight excluding hydrogens is 1180 g/mol. The van der Waals surface area contributed by atoms with E-state index in [9.17, 15) is 9.59 Å². The van der Waals surface area contributed by atoms with Crippen LogP contribution in [-0.4, -0.2) is 120 Å². The van der Waals surface area contributed by atoms with Crippen LogP contribution < -0.4 is 32.7 Å². The molecule has 2 saturated carbocycles. The van der Waals surface area contributed by atoms with Crippen LogP contribution in [-0.2, 0) is 22.4 Å². The van der Waals surface area contributed by atoms with Gasteiger partial charge in [-0.1, -0.05) is 31.4 Å². The van der Waals surface area contributed by atoms with E-state index >= 15 is 0 Å². The van der Waals surface area contributed by atoms with Gasteiger partial charge in [-0.15, -0.1) is 0 Å². The lowest BCUT2D eigenvalue weighted by molar-refractivity contribution is -0.112. The quantitative estimate of drug-likeness (QED) is 0.0202. The maximum atomic E-state index is 11.7. The highest BCUT2D eigenvalue weighted by molar-refractivity contribution is 6.66. The monoisotopic (exact) mass is 1260 g/mol. The Kier molecular flexibility index (Phi) is 23.4. The molecule has 22 nitrogen and oxygen atoms in total. The van der Waals surface area contributed by atoms with E-state index in [1.807, 2.05) is 90.0 Å². The molecular formula is C66H86Cl2N20O2. The van der Waals surface area contributed by atoms with E-state index < -0.39 is 5.24 Å². The Hall–Kier alpha value is -8.57. The van der Waals surface area contributed by atoms with Gasteiger partial charge in [-0.2, -0.15) is 9.97 Å². The van der Waals surface area contributed by atoms with Gasteiger partial charge in [-0.25, -0.2) is 34.9 Å². The number of carbonyl (C=O) groups excluding carboxylic acids is 2. The summed E-state index contributed by atoms with van der Waals surface area (Å²) in [6, 6.07) is 24.8. The Morgan fingerprint density at radius 2 is 0.900 bits per heavy atom. The number of nitrogen functional groups attached to an aromatic ring is 2. The number of benzene rings is 3. The molecule has 0 aliphatic heterocycles. The molecule has 0 radical (unpaired) electrons. The smallest absolute Gasteiger partial charge is 0.247 e. The minimum Gasteiger partial charge on any atom is -0.399 e. The lowest BCUT2D eigenvalue weighted by Gasteiger charge is -2.32. The van der Waals surface area contributed by atoms with Crippen molar-refractivity contribution < 1.29 is 9.59 Å². The molecule has 6 heterocycles. The number of fused-ring (bicyclic) bond motifs is 3. The summed E-state index contributed by atoms with van der Waals surface area (Å²) in [7, 11) is 8.71. The number of hydrogen-bond acceptors (Lipinski definition) is 18. The fraction of sp³-hybridized carbons (Fsp3) is 0.409. The van der Waals surface area contributed by atoms with E-state index in [1.165, 1.54) is 57.4 Å². The van der Waals surface area contributed by atoms with Crippen molar-refractivity contribution in [3.05, 3.63) is 134 Å². The van der Waals surface area contributed by atoms with E-state index in [0.717, 1.165) is 81.5 Å². The van der Waals surface area contributed by atoms with Crippen LogP contribution in [0.1, 0.15) is 123 Å². The molecule has 2 fully saturated rings. The van der Waals surface area contributed by atoms with Gasteiger partial charge in [0.05, 0.1) is 19.0 Å². The van der Waals surface area contributed by atoms with Gasteiger partial charge in [0.1, 0.15) is 11.6 Å². The molecule has 90 heavy (non-hydrogen) atoms. The van der Waals surface area contributed by atoms with Crippen molar-refractivity contribution in [1.29, 1.82) is 0 Å². The van der Waals surface area contributed by atoms with Gasteiger partial charge in [0.25, 0.3) is 0 Å². The van der Waals surface area contributed by atoms with Crippen molar-refractivity contribution in [3.63, 3.8) is 0 Å². The first-order valence-electron chi connectivity index (χ1n) is 30.6. The van der Waals surface area contributed by atoms with Gasteiger partial charge in [-0.05, 0) is 223 Å². The second-order valence-corrected chi connectivity index (χ2v) is 24.9. The third-order valence-corrected chi connectivity index (χ3v) is 16.4. The maximum absolute atomic E-state index is 11.7. The molecule has 476 valence electrons. The minimum atomic E-state index is -0.509. The zero-order chi connectivity index (χ0) is 64.8. The van der Waals surface area contributed by atoms with Crippen molar-refractivity contribution in [1.82, 2.24) is 68.4 Å². The second kappa shape index (κ2) is 31.2. The number of halogens is 2. The van der Waals surface area contributed by atoms with Gasteiger partial charge >= 0.3 is 0 Å². The van der Waals surface area contributed by atoms with Crippen molar-refractivity contribution in [3.8, 4) is 0 Å². The number of nitrogens with zero attached hydrogens (tertiary/aromatic N) is 14. The van der Waals surface area contributed by atoms with Gasteiger partial charge in [0.15, 0.2) is 50.9 Å². The van der Waals surface area contributed by atoms with Crippen molar-refractivity contribution in [2.45, 2.75) is 136 Å². The largest absolute Gasteiger partial charge is 0.399 e. The number of rotatable bonds is 18. The highest BCUT2D eigenvalue weighted by Gasteiger charge is 2.27. The topological polar surface area (TPSA) is 272 Å². The normalized spacial score (nSPS) is 16.5. The molecule has 3 aromatic carbocycles. The number of nitrogens with one attached hydrogen (secondary N) is 4. The third-order valence-electron chi connectivity index (χ3n) is 16.1. The Labute approximate surface area is 537 Å². The van der Waals surface area contributed by atoms with E-state index in [4.69, 9.17) is 54.6 Å². The summed E-state index contributed by atoms with van der Waals surface area (Å²) in [5.74, 6) is 4.73. The van der Waals surface area contributed by atoms with Gasteiger partial charge < -0.3 is 56.2 Å². The van der Waals surface area contributed by atoms with Crippen molar-refractivity contribution in [2.75, 3.05) is 60.9 Å². The summed E-state index contributed by atoms with van der Waals surface area (Å²) in [5, 5.41) is 12.5. The lowest BCUT2D eigenvalue weighted by Crippen LogP contribution is -2.32. The molecule has 11 rings (SSSR count). The fourth-order valence-corrected chi connectivity index (χ4v) is 11.3. The molecule has 8 N–H and O–H groups in total. The molecule has 2 aliphatic carbocycles. The van der Waals surface area contributed by atoms with Crippen molar-refractivity contribution >= 4 is 119 Å². The zero-order valence-corrected chi connectivity index (χ0v) is 54.8. The predicted molar refractivity (Wildman–Crippen MR) is 366 cm³/mol.